The predicted molar refractivity (Wildman–Crippen MR) is 92.0 cm³/mol. The van der Waals surface area contributed by atoms with Crippen molar-refractivity contribution in [1.29, 1.82) is 0 Å². The molecule has 0 aliphatic rings. The molecule has 0 bridgehead atoms. The number of benzene rings is 2. The van der Waals surface area contributed by atoms with Gasteiger partial charge in [-0.15, -0.1) is 0 Å². The summed E-state index contributed by atoms with van der Waals surface area (Å²) in [6.07, 6.45) is 1.62. The molecule has 24 heavy (non-hydrogen) atoms. The summed E-state index contributed by atoms with van der Waals surface area (Å²) < 4.78 is 5.01. The summed E-state index contributed by atoms with van der Waals surface area (Å²) >= 11 is 1.23. The van der Waals surface area contributed by atoms with Crippen LogP contribution < -0.4 is 0 Å². The molecular weight excluding hydrogens is 324 g/mol. The van der Waals surface area contributed by atoms with Gasteiger partial charge in [-0.25, -0.2) is 4.98 Å². The van der Waals surface area contributed by atoms with Crippen LogP contribution in [0.5, 0.6) is 0 Å². The first-order valence-corrected chi connectivity index (χ1v) is 8.29. The number of carbonyl (C=O) groups excluding carboxylic acids is 2. The minimum Gasteiger partial charge on any atom is -0.457 e. The van der Waals surface area contributed by atoms with E-state index in [4.69, 9.17) is 4.74 Å². The van der Waals surface area contributed by atoms with Gasteiger partial charge in [-0.05, 0) is 12.1 Å². The quantitative estimate of drug-likeness (QED) is 0.391. The van der Waals surface area contributed by atoms with E-state index < -0.39 is 5.97 Å². The van der Waals surface area contributed by atoms with Crippen LogP contribution in [0.3, 0.4) is 0 Å². The number of para-hydroxylation sites is 2. The molecule has 6 heteroatoms. The highest BCUT2D eigenvalue weighted by Crippen LogP contribution is 2.17. The number of nitrogens with zero attached hydrogens (tertiary/aromatic N) is 2. The van der Waals surface area contributed by atoms with Gasteiger partial charge in [0.2, 0.25) is 0 Å². The first-order chi connectivity index (χ1) is 11.7. The van der Waals surface area contributed by atoms with Gasteiger partial charge in [0.1, 0.15) is 5.03 Å². The van der Waals surface area contributed by atoms with Crippen molar-refractivity contribution in [2.75, 3.05) is 12.4 Å². The highest BCUT2D eigenvalue weighted by Gasteiger charge is 2.10. The molecule has 0 aliphatic carbocycles. The minimum absolute atomic E-state index is 0.0785. The van der Waals surface area contributed by atoms with Gasteiger partial charge in [-0.2, -0.15) is 0 Å². The average molecular weight is 338 g/mol. The van der Waals surface area contributed by atoms with Crippen LogP contribution in [0.15, 0.2) is 65.8 Å². The fourth-order valence-electron chi connectivity index (χ4n) is 2.04. The molecule has 0 N–H and O–H groups in total. The highest BCUT2D eigenvalue weighted by atomic mass is 32.2. The van der Waals surface area contributed by atoms with Gasteiger partial charge < -0.3 is 4.74 Å². The summed E-state index contributed by atoms with van der Waals surface area (Å²) in [5, 5.41) is 0.639. The van der Waals surface area contributed by atoms with Crippen molar-refractivity contribution in [3.63, 3.8) is 0 Å². The molecule has 1 heterocycles. The number of ether oxygens (including phenoxy) is 1. The molecule has 0 aliphatic heterocycles. The molecule has 3 rings (SSSR count). The Morgan fingerprint density at radius 2 is 1.67 bits per heavy atom. The van der Waals surface area contributed by atoms with Crippen molar-refractivity contribution >= 4 is 34.5 Å². The van der Waals surface area contributed by atoms with Crippen molar-refractivity contribution in [2.24, 2.45) is 0 Å². The average Bonchev–Trinajstić information content (AvgIpc) is 2.65. The maximum atomic E-state index is 11.9. The van der Waals surface area contributed by atoms with Crippen molar-refractivity contribution in [3.05, 3.63) is 66.4 Å². The van der Waals surface area contributed by atoms with E-state index in [1.165, 1.54) is 11.8 Å². The number of carbonyl (C=O) groups is 2. The number of hydrogen-bond acceptors (Lipinski definition) is 6. The van der Waals surface area contributed by atoms with Gasteiger partial charge in [0.25, 0.3) is 0 Å². The van der Waals surface area contributed by atoms with Crippen molar-refractivity contribution in [1.82, 2.24) is 9.97 Å². The Hall–Kier alpha value is -2.73. The van der Waals surface area contributed by atoms with E-state index in [0.717, 1.165) is 11.0 Å². The maximum Gasteiger partial charge on any atom is 0.316 e. The van der Waals surface area contributed by atoms with E-state index >= 15 is 0 Å². The van der Waals surface area contributed by atoms with Gasteiger partial charge in [-0.3, -0.25) is 14.6 Å². The lowest BCUT2D eigenvalue weighted by molar-refractivity contribution is -0.139. The fourth-order valence-corrected chi connectivity index (χ4v) is 2.68. The second-order valence-electron chi connectivity index (χ2n) is 4.94. The second-order valence-corrected chi connectivity index (χ2v) is 5.93. The zero-order valence-electron chi connectivity index (χ0n) is 12.7. The summed E-state index contributed by atoms with van der Waals surface area (Å²) in [6.45, 7) is -0.257. The summed E-state index contributed by atoms with van der Waals surface area (Å²) in [5.41, 5.74) is 2.10. The molecule has 5 nitrogen and oxygen atoms in total. The molecule has 1 aromatic heterocycles. The van der Waals surface area contributed by atoms with E-state index in [9.17, 15) is 9.59 Å². The van der Waals surface area contributed by atoms with E-state index in [1.807, 2.05) is 30.3 Å². The Labute approximate surface area is 143 Å². The third-order valence-electron chi connectivity index (χ3n) is 3.22. The molecule has 0 radical (unpaired) electrons. The molecule has 120 valence electrons. The van der Waals surface area contributed by atoms with Crippen LogP contribution in [0.1, 0.15) is 10.4 Å². The maximum absolute atomic E-state index is 11.9. The van der Waals surface area contributed by atoms with Gasteiger partial charge in [0, 0.05) is 5.56 Å². The zero-order valence-corrected chi connectivity index (χ0v) is 13.5. The van der Waals surface area contributed by atoms with Gasteiger partial charge >= 0.3 is 5.97 Å². The Balaban J connectivity index is 1.50. The van der Waals surface area contributed by atoms with Crippen LogP contribution in [0.4, 0.5) is 0 Å². The van der Waals surface area contributed by atoms with Crippen LogP contribution in [-0.2, 0) is 9.53 Å². The van der Waals surface area contributed by atoms with Crippen molar-refractivity contribution in [3.8, 4) is 0 Å². The molecule has 0 atom stereocenters. The van der Waals surface area contributed by atoms with Crippen LogP contribution >= 0.6 is 11.8 Å². The van der Waals surface area contributed by atoms with E-state index in [-0.39, 0.29) is 18.1 Å². The van der Waals surface area contributed by atoms with Crippen LogP contribution in [0.25, 0.3) is 11.0 Å². The van der Waals surface area contributed by atoms with Gasteiger partial charge in [-0.1, -0.05) is 54.2 Å². The van der Waals surface area contributed by atoms with Crippen LogP contribution in [-0.4, -0.2) is 34.1 Å². The smallest absolute Gasteiger partial charge is 0.316 e. The molecule has 0 amide bonds. The second kappa shape index (κ2) is 7.70. The monoisotopic (exact) mass is 338 g/mol. The third kappa shape index (κ3) is 4.17. The van der Waals surface area contributed by atoms with E-state index in [2.05, 4.69) is 9.97 Å². The molecule has 0 saturated carbocycles. The molecule has 0 saturated heterocycles. The highest BCUT2D eigenvalue weighted by molar-refractivity contribution is 7.99. The summed E-state index contributed by atoms with van der Waals surface area (Å²) in [6, 6.07) is 16.3. The molecule has 3 aromatic rings. The Bertz CT molecular complexity index is 868. The first kappa shape index (κ1) is 16.1. The number of ketones is 1. The standard InChI is InChI=1S/C18H14N2O3S/c21-16(13-6-2-1-3-7-13)11-23-18(22)12-24-17-10-19-14-8-4-5-9-15(14)20-17/h1-10H,11-12H2. The predicted octanol–water partition coefficient (Wildman–Crippen LogP) is 3.15. The van der Waals surface area contributed by atoms with Gasteiger partial charge in [0.05, 0.1) is 23.0 Å². The zero-order chi connectivity index (χ0) is 16.8. The van der Waals surface area contributed by atoms with Crippen LogP contribution in [0.2, 0.25) is 0 Å². The lowest BCUT2D eigenvalue weighted by Gasteiger charge is -2.04. The number of Topliss-reactive ketones (excluding diaryl/α,β-unsaturated/α-hetero) is 1. The number of rotatable bonds is 6. The van der Waals surface area contributed by atoms with Crippen molar-refractivity contribution in [2.45, 2.75) is 5.03 Å². The van der Waals surface area contributed by atoms with E-state index in [1.54, 1.807) is 30.5 Å². The molecule has 0 unspecified atom stereocenters. The Morgan fingerprint density at radius 1 is 0.958 bits per heavy atom. The van der Waals surface area contributed by atoms with E-state index in [0.29, 0.717) is 10.6 Å². The minimum atomic E-state index is -0.459. The number of esters is 1. The Kier molecular flexibility index (Phi) is 5.18. The molecule has 0 fully saturated rings. The molecule has 2 aromatic carbocycles. The lowest BCUT2D eigenvalue weighted by atomic mass is 10.1. The number of aromatic nitrogens is 2. The SMILES string of the molecule is O=C(CSc1cnc2ccccc2n1)OCC(=O)c1ccccc1. The number of hydrogen-bond donors (Lipinski definition) is 0. The largest absolute Gasteiger partial charge is 0.457 e. The van der Waals surface area contributed by atoms with Gasteiger partial charge in [0.15, 0.2) is 12.4 Å². The molecule has 0 spiro atoms. The first-order valence-electron chi connectivity index (χ1n) is 7.31. The van der Waals surface area contributed by atoms with Crippen molar-refractivity contribution < 1.29 is 14.3 Å². The normalized spacial score (nSPS) is 10.5. The summed E-state index contributed by atoms with van der Waals surface area (Å²) in [4.78, 5) is 32.3. The third-order valence-corrected chi connectivity index (χ3v) is 4.10. The Morgan fingerprint density at radius 3 is 2.46 bits per heavy atom. The summed E-state index contributed by atoms with van der Waals surface area (Å²) in [7, 11) is 0. The fraction of sp³-hybridized carbons (Fsp3) is 0.111. The van der Waals surface area contributed by atoms with Crippen LogP contribution in [0, 0.1) is 0 Å². The number of thioether (sulfide) groups is 1. The topological polar surface area (TPSA) is 69.2 Å². The molecular formula is C18H14N2O3S. The summed E-state index contributed by atoms with van der Waals surface area (Å²) in [5.74, 6) is -0.603. The number of fused-ring (bicyclic) bond motifs is 1. The lowest BCUT2D eigenvalue weighted by Crippen LogP contribution is -2.15.